The second kappa shape index (κ2) is 3.87. The van der Waals surface area contributed by atoms with Gasteiger partial charge in [0.05, 0.1) is 18.8 Å². The molecule has 1 atom stereocenters. The van der Waals surface area contributed by atoms with E-state index in [1.807, 2.05) is 13.8 Å². The molecule has 0 aromatic rings. The van der Waals surface area contributed by atoms with E-state index in [0.29, 0.717) is 6.61 Å². The van der Waals surface area contributed by atoms with Gasteiger partial charge in [-0.15, -0.1) is 0 Å². The van der Waals surface area contributed by atoms with Crippen molar-refractivity contribution < 1.29 is 9.84 Å². The third kappa shape index (κ3) is 5.92. The molecule has 0 heterocycles. The van der Waals surface area contributed by atoms with Crippen LogP contribution in [0.3, 0.4) is 0 Å². The summed E-state index contributed by atoms with van der Waals surface area (Å²) in [4.78, 5) is 0. The Balaban J connectivity index is 2.93. The van der Waals surface area contributed by atoms with Gasteiger partial charge in [-0.05, 0) is 20.8 Å². The molecule has 2 nitrogen and oxygen atoms in total. The molecular weight excluding hydrogens is 104 g/mol. The summed E-state index contributed by atoms with van der Waals surface area (Å²) in [5.41, 5.74) is 0. The molecule has 1 N–H and O–H groups in total. The lowest BCUT2D eigenvalue weighted by atomic mass is 10.4. The first kappa shape index (κ1) is 7.92. The fourth-order valence-electron chi connectivity index (χ4n) is 0.332. The highest BCUT2D eigenvalue weighted by Gasteiger charge is 1.96. The van der Waals surface area contributed by atoms with Crippen LogP contribution >= 0.6 is 0 Å². The minimum atomic E-state index is -0.336. The third-order valence-corrected chi connectivity index (χ3v) is 0.671. The van der Waals surface area contributed by atoms with Crippen LogP contribution in [0, 0.1) is 0 Å². The maximum absolute atomic E-state index is 8.68. The van der Waals surface area contributed by atoms with Crippen molar-refractivity contribution in [2.24, 2.45) is 0 Å². The Hall–Kier alpha value is -0.0800. The van der Waals surface area contributed by atoms with Crippen LogP contribution in [0.4, 0.5) is 0 Å². The second-order valence-corrected chi connectivity index (χ2v) is 2.23. The first-order chi connectivity index (χ1) is 3.63. The van der Waals surface area contributed by atoms with Crippen molar-refractivity contribution in [3.63, 3.8) is 0 Å². The summed E-state index contributed by atoms with van der Waals surface area (Å²) >= 11 is 0. The third-order valence-electron chi connectivity index (χ3n) is 0.671. The van der Waals surface area contributed by atoms with Crippen LogP contribution in [0.2, 0.25) is 0 Å². The van der Waals surface area contributed by atoms with Gasteiger partial charge in [0.1, 0.15) is 0 Å². The number of hydrogen-bond acceptors (Lipinski definition) is 2. The Kier molecular flexibility index (Phi) is 3.83. The molecule has 0 amide bonds. The van der Waals surface area contributed by atoms with Gasteiger partial charge >= 0.3 is 0 Å². The summed E-state index contributed by atoms with van der Waals surface area (Å²) in [5.74, 6) is 0. The largest absolute Gasteiger partial charge is 0.391 e. The smallest absolute Gasteiger partial charge is 0.0745 e. The predicted octanol–water partition coefficient (Wildman–Crippen LogP) is 0.792. The van der Waals surface area contributed by atoms with Gasteiger partial charge in [0.15, 0.2) is 0 Å². The molecule has 0 saturated carbocycles. The SMILES string of the molecule is CC(C)OC[C@H](C)O. The summed E-state index contributed by atoms with van der Waals surface area (Å²) in [5, 5.41) is 8.68. The Morgan fingerprint density at radius 2 is 1.88 bits per heavy atom. The number of aliphatic hydroxyl groups excluding tert-OH is 1. The Morgan fingerprint density at radius 1 is 1.38 bits per heavy atom. The van der Waals surface area contributed by atoms with Gasteiger partial charge in [0, 0.05) is 0 Å². The van der Waals surface area contributed by atoms with Crippen LogP contribution < -0.4 is 0 Å². The molecule has 0 aliphatic heterocycles. The van der Waals surface area contributed by atoms with Crippen molar-refractivity contribution in [3.8, 4) is 0 Å². The molecular formula is C6H14O2. The summed E-state index contributed by atoms with van der Waals surface area (Å²) in [6.07, 6.45) is -0.109. The first-order valence-electron chi connectivity index (χ1n) is 2.92. The maximum atomic E-state index is 8.68. The fraction of sp³-hybridized carbons (Fsp3) is 1.00. The van der Waals surface area contributed by atoms with E-state index >= 15 is 0 Å². The molecule has 0 saturated heterocycles. The van der Waals surface area contributed by atoms with E-state index in [-0.39, 0.29) is 12.2 Å². The molecule has 0 aromatic carbocycles. The molecule has 0 unspecified atom stereocenters. The topological polar surface area (TPSA) is 29.5 Å². The average Bonchev–Trinajstić information content (AvgIpc) is 1.61. The van der Waals surface area contributed by atoms with Gasteiger partial charge in [-0.3, -0.25) is 0 Å². The summed E-state index contributed by atoms with van der Waals surface area (Å²) in [7, 11) is 0. The summed E-state index contributed by atoms with van der Waals surface area (Å²) in [6.45, 7) is 6.05. The van der Waals surface area contributed by atoms with Gasteiger partial charge in [0.2, 0.25) is 0 Å². The molecule has 0 aliphatic carbocycles. The van der Waals surface area contributed by atoms with E-state index in [9.17, 15) is 0 Å². The van der Waals surface area contributed by atoms with Crippen LogP contribution in [0.1, 0.15) is 20.8 Å². The molecule has 0 spiro atoms. The van der Waals surface area contributed by atoms with E-state index < -0.39 is 0 Å². The molecule has 0 radical (unpaired) electrons. The average molecular weight is 118 g/mol. The zero-order chi connectivity index (χ0) is 6.57. The molecule has 8 heavy (non-hydrogen) atoms. The molecule has 0 fully saturated rings. The molecule has 0 bridgehead atoms. The molecule has 50 valence electrons. The van der Waals surface area contributed by atoms with Crippen LogP contribution in [-0.2, 0) is 4.74 Å². The van der Waals surface area contributed by atoms with Crippen LogP contribution in [0.15, 0.2) is 0 Å². The Labute approximate surface area is 50.5 Å². The van der Waals surface area contributed by atoms with Gasteiger partial charge in [-0.1, -0.05) is 0 Å². The normalized spacial score (nSPS) is 14.6. The summed E-state index contributed by atoms with van der Waals surface area (Å²) in [6, 6.07) is 0. The Bertz CT molecular complexity index is 42.5. The highest BCUT2D eigenvalue weighted by atomic mass is 16.5. The zero-order valence-electron chi connectivity index (χ0n) is 5.72. The van der Waals surface area contributed by atoms with Crippen molar-refractivity contribution in [2.45, 2.75) is 33.0 Å². The standard InChI is InChI=1S/C6H14O2/c1-5(2)8-4-6(3)7/h5-7H,4H2,1-3H3/t6-/m0/s1. The van der Waals surface area contributed by atoms with Gasteiger partial charge in [-0.25, -0.2) is 0 Å². The molecule has 2 heteroatoms. The highest BCUT2D eigenvalue weighted by Crippen LogP contribution is 1.89. The van der Waals surface area contributed by atoms with Crippen molar-refractivity contribution in [1.29, 1.82) is 0 Å². The molecule has 0 aromatic heterocycles. The van der Waals surface area contributed by atoms with Crippen molar-refractivity contribution in [3.05, 3.63) is 0 Å². The number of aliphatic hydroxyl groups is 1. The second-order valence-electron chi connectivity index (χ2n) is 2.23. The maximum Gasteiger partial charge on any atom is 0.0745 e. The van der Waals surface area contributed by atoms with Gasteiger partial charge in [-0.2, -0.15) is 0 Å². The molecule has 0 aliphatic rings. The number of ether oxygens (including phenoxy) is 1. The first-order valence-corrected chi connectivity index (χ1v) is 2.92. The zero-order valence-corrected chi connectivity index (χ0v) is 5.72. The minimum Gasteiger partial charge on any atom is -0.391 e. The van der Waals surface area contributed by atoms with E-state index in [2.05, 4.69) is 0 Å². The predicted molar refractivity (Wildman–Crippen MR) is 32.8 cm³/mol. The lowest BCUT2D eigenvalue weighted by Gasteiger charge is -2.07. The highest BCUT2D eigenvalue weighted by molar-refractivity contribution is 4.43. The van der Waals surface area contributed by atoms with E-state index in [0.717, 1.165) is 0 Å². The van der Waals surface area contributed by atoms with Crippen molar-refractivity contribution in [1.82, 2.24) is 0 Å². The lowest BCUT2D eigenvalue weighted by molar-refractivity contribution is 0.0134. The van der Waals surface area contributed by atoms with Crippen LogP contribution in [0.25, 0.3) is 0 Å². The minimum absolute atomic E-state index is 0.226. The van der Waals surface area contributed by atoms with Gasteiger partial charge in [0.25, 0.3) is 0 Å². The van der Waals surface area contributed by atoms with E-state index in [4.69, 9.17) is 9.84 Å². The summed E-state index contributed by atoms with van der Waals surface area (Å²) < 4.78 is 5.05. The molecule has 0 rings (SSSR count). The Morgan fingerprint density at radius 3 is 2.00 bits per heavy atom. The monoisotopic (exact) mass is 118 g/mol. The van der Waals surface area contributed by atoms with E-state index in [1.165, 1.54) is 0 Å². The quantitative estimate of drug-likeness (QED) is 0.593. The van der Waals surface area contributed by atoms with Crippen LogP contribution in [0.5, 0.6) is 0 Å². The lowest BCUT2D eigenvalue weighted by Crippen LogP contribution is -2.14. The number of hydrogen-bond donors (Lipinski definition) is 1. The van der Waals surface area contributed by atoms with Gasteiger partial charge < -0.3 is 9.84 Å². The van der Waals surface area contributed by atoms with Crippen LogP contribution in [-0.4, -0.2) is 23.9 Å². The number of rotatable bonds is 3. The van der Waals surface area contributed by atoms with Crippen molar-refractivity contribution in [2.75, 3.05) is 6.61 Å². The fourth-order valence-corrected chi connectivity index (χ4v) is 0.332. The van der Waals surface area contributed by atoms with Crippen molar-refractivity contribution >= 4 is 0 Å². The van der Waals surface area contributed by atoms with E-state index in [1.54, 1.807) is 6.92 Å².